The molecule has 0 bridgehead atoms. The van der Waals surface area contributed by atoms with E-state index in [0.29, 0.717) is 5.57 Å². The summed E-state index contributed by atoms with van der Waals surface area (Å²) in [7, 11) is 0. The lowest BCUT2D eigenvalue weighted by atomic mass is 9.82. The highest BCUT2D eigenvalue weighted by atomic mass is 16.5. The maximum Gasteiger partial charge on any atom is 0.333 e. The average Bonchev–Trinajstić information content (AvgIpc) is 2.40. The Bertz CT molecular complexity index is 357. The lowest BCUT2D eigenvalue weighted by molar-refractivity contribution is -0.143. The van der Waals surface area contributed by atoms with E-state index in [4.69, 9.17) is 4.74 Å². The minimum Gasteiger partial charge on any atom is -0.454 e. The molecule has 0 heterocycles. The topological polar surface area (TPSA) is 26.3 Å². The van der Waals surface area contributed by atoms with Crippen molar-refractivity contribution in [2.75, 3.05) is 0 Å². The van der Waals surface area contributed by atoms with Crippen LogP contribution in [0.2, 0.25) is 0 Å². The molecule has 2 nitrogen and oxygen atoms in total. The van der Waals surface area contributed by atoms with Crippen LogP contribution in [-0.4, -0.2) is 12.1 Å². The van der Waals surface area contributed by atoms with Crippen molar-refractivity contribution in [1.29, 1.82) is 0 Å². The van der Waals surface area contributed by atoms with Crippen molar-refractivity contribution in [2.45, 2.75) is 70.8 Å². The van der Waals surface area contributed by atoms with Gasteiger partial charge in [0.2, 0.25) is 0 Å². The van der Waals surface area contributed by atoms with Crippen molar-refractivity contribution in [3.63, 3.8) is 0 Å². The molecule has 0 aliphatic heterocycles. The Balaban J connectivity index is 2.10. The van der Waals surface area contributed by atoms with E-state index >= 15 is 0 Å². The van der Waals surface area contributed by atoms with E-state index in [9.17, 15) is 4.79 Å². The molecule has 2 heteroatoms. The SMILES string of the molecule is C=C(C)C(=O)OC1CCCCC1=C1CCCCC1. The molecule has 0 aromatic carbocycles. The maximum atomic E-state index is 11.7. The van der Waals surface area contributed by atoms with Crippen LogP contribution in [0.4, 0.5) is 0 Å². The normalized spacial score (nSPS) is 24.8. The Labute approximate surface area is 110 Å². The highest BCUT2D eigenvalue weighted by molar-refractivity contribution is 5.87. The number of carbonyl (C=O) groups is 1. The van der Waals surface area contributed by atoms with Gasteiger partial charge in [-0.05, 0) is 63.9 Å². The van der Waals surface area contributed by atoms with E-state index in [2.05, 4.69) is 6.58 Å². The van der Waals surface area contributed by atoms with Crippen LogP contribution < -0.4 is 0 Å². The van der Waals surface area contributed by atoms with E-state index < -0.39 is 0 Å². The number of hydrogen-bond donors (Lipinski definition) is 0. The first-order valence-corrected chi connectivity index (χ1v) is 7.26. The Morgan fingerprint density at radius 2 is 1.78 bits per heavy atom. The number of rotatable bonds is 2. The second-order valence-electron chi connectivity index (χ2n) is 5.61. The number of esters is 1. The van der Waals surface area contributed by atoms with Crippen LogP contribution in [0.3, 0.4) is 0 Å². The van der Waals surface area contributed by atoms with Gasteiger partial charge in [0.1, 0.15) is 6.10 Å². The second-order valence-corrected chi connectivity index (χ2v) is 5.61. The Kier molecular flexibility index (Phi) is 4.62. The molecule has 2 rings (SSSR count). The minimum absolute atomic E-state index is 0.0380. The molecule has 100 valence electrons. The van der Waals surface area contributed by atoms with Crippen LogP contribution in [0.25, 0.3) is 0 Å². The Morgan fingerprint density at radius 3 is 2.44 bits per heavy atom. The largest absolute Gasteiger partial charge is 0.454 e. The van der Waals surface area contributed by atoms with Crippen molar-refractivity contribution in [3.05, 3.63) is 23.3 Å². The molecule has 2 aliphatic carbocycles. The lowest BCUT2D eigenvalue weighted by Gasteiger charge is -2.29. The molecule has 0 amide bonds. The van der Waals surface area contributed by atoms with Crippen LogP contribution in [0.5, 0.6) is 0 Å². The summed E-state index contributed by atoms with van der Waals surface area (Å²) in [6.45, 7) is 5.39. The molecule has 0 spiro atoms. The molecule has 1 atom stereocenters. The summed E-state index contributed by atoms with van der Waals surface area (Å²) in [6, 6.07) is 0. The summed E-state index contributed by atoms with van der Waals surface area (Å²) in [5, 5.41) is 0. The van der Waals surface area contributed by atoms with E-state index in [-0.39, 0.29) is 12.1 Å². The van der Waals surface area contributed by atoms with Crippen molar-refractivity contribution in [3.8, 4) is 0 Å². The zero-order valence-electron chi connectivity index (χ0n) is 11.5. The summed E-state index contributed by atoms with van der Waals surface area (Å²) in [5.74, 6) is -0.226. The second kappa shape index (κ2) is 6.21. The van der Waals surface area contributed by atoms with Gasteiger partial charge in [-0.1, -0.05) is 18.6 Å². The molecule has 18 heavy (non-hydrogen) atoms. The molecule has 0 N–H and O–H groups in total. The third kappa shape index (κ3) is 3.24. The quantitative estimate of drug-likeness (QED) is 0.413. The highest BCUT2D eigenvalue weighted by Gasteiger charge is 2.26. The average molecular weight is 248 g/mol. The van der Waals surface area contributed by atoms with E-state index in [1.807, 2.05) is 0 Å². The zero-order valence-corrected chi connectivity index (χ0v) is 11.5. The molecular formula is C16H24O2. The molecule has 1 unspecified atom stereocenters. The van der Waals surface area contributed by atoms with Gasteiger partial charge < -0.3 is 4.74 Å². The molecule has 0 aromatic rings. The smallest absolute Gasteiger partial charge is 0.333 e. The fourth-order valence-electron chi connectivity index (χ4n) is 3.04. The van der Waals surface area contributed by atoms with Crippen molar-refractivity contribution >= 4 is 5.97 Å². The monoisotopic (exact) mass is 248 g/mol. The van der Waals surface area contributed by atoms with Crippen molar-refractivity contribution in [1.82, 2.24) is 0 Å². The van der Waals surface area contributed by atoms with Gasteiger partial charge >= 0.3 is 5.97 Å². The van der Waals surface area contributed by atoms with Crippen LogP contribution in [0.15, 0.2) is 23.3 Å². The maximum absolute atomic E-state index is 11.7. The van der Waals surface area contributed by atoms with Gasteiger partial charge in [-0.2, -0.15) is 0 Å². The predicted octanol–water partition coefficient (Wildman–Crippen LogP) is 4.31. The van der Waals surface area contributed by atoms with E-state index in [1.165, 1.54) is 50.5 Å². The molecule has 0 saturated heterocycles. The summed E-state index contributed by atoms with van der Waals surface area (Å²) in [4.78, 5) is 11.7. The molecular weight excluding hydrogens is 224 g/mol. The van der Waals surface area contributed by atoms with Gasteiger partial charge in [0.05, 0.1) is 0 Å². The summed E-state index contributed by atoms with van der Waals surface area (Å²) >= 11 is 0. The number of carbonyl (C=O) groups excluding carboxylic acids is 1. The Hall–Kier alpha value is -1.05. The van der Waals surface area contributed by atoms with Gasteiger partial charge in [0, 0.05) is 5.57 Å². The van der Waals surface area contributed by atoms with Gasteiger partial charge in [-0.25, -0.2) is 4.79 Å². The Morgan fingerprint density at radius 1 is 1.11 bits per heavy atom. The van der Waals surface area contributed by atoms with E-state index in [1.54, 1.807) is 12.5 Å². The molecule has 0 aromatic heterocycles. The minimum atomic E-state index is -0.226. The van der Waals surface area contributed by atoms with Crippen molar-refractivity contribution in [2.24, 2.45) is 0 Å². The standard InChI is InChI=1S/C16H24O2/c1-12(2)16(17)18-15-11-7-6-10-14(15)13-8-4-3-5-9-13/h15H,1,3-11H2,2H3. The fraction of sp³-hybridized carbons (Fsp3) is 0.688. The first-order valence-electron chi connectivity index (χ1n) is 7.26. The van der Waals surface area contributed by atoms with Crippen LogP contribution >= 0.6 is 0 Å². The van der Waals surface area contributed by atoms with E-state index in [0.717, 1.165) is 12.8 Å². The molecule has 2 saturated carbocycles. The number of allylic oxidation sites excluding steroid dienone is 1. The summed E-state index contributed by atoms with van der Waals surface area (Å²) in [5.41, 5.74) is 3.53. The highest BCUT2D eigenvalue weighted by Crippen LogP contribution is 2.35. The third-order valence-corrected chi connectivity index (χ3v) is 4.06. The summed E-state index contributed by atoms with van der Waals surface area (Å²) < 4.78 is 5.62. The predicted molar refractivity (Wildman–Crippen MR) is 73.3 cm³/mol. The first kappa shape index (κ1) is 13.4. The third-order valence-electron chi connectivity index (χ3n) is 4.06. The number of ether oxygens (including phenoxy) is 1. The fourth-order valence-corrected chi connectivity index (χ4v) is 3.04. The number of hydrogen-bond acceptors (Lipinski definition) is 2. The zero-order chi connectivity index (χ0) is 13.0. The molecule has 2 fully saturated rings. The van der Waals surface area contributed by atoms with Crippen LogP contribution in [0, 0.1) is 0 Å². The summed E-state index contributed by atoms with van der Waals surface area (Å²) in [6.07, 6.45) is 11.0. The van der Waals surface area contributed by atoms with Gasteiger partial charge in [-0.3, -0.25) is 0 Å². The van der Waals surface area contributed by atoms with Crippen LogP contribution in [-0.2, 0) is 9.53 Å². The lowest BCUT2D eigenvalue weighted by Crippen LogP contribution is -2.25. The molecule has 0 radical (unpaired) electrons. The van der Waals surface area contributed by atoms with Crippen LogP contribution in [0.1, 0.15) is 64.7 Å². The van der Waals surface area contributed by atoms with Crippen molar-refractivity contribution < 1.29 is 9.53 Å². The van der Waals surface area contributed by atoms with Gasteiger partial charge in [0.25, 0.3) is 0 Å². The van der Waals surface area contributed by atoms with Gasteiger partial charge in [0.15, 0.2) is 0 Å². The molecule has 2 aliphatic rings. The first-order chi connectivity index (χ1) is 8.68. The van der Waals surface area contributed by atoms with Gasteiger partial charge in [-0.15, -0.1) is 0 Å².